The van der Waals surface area contributed by atoms with Crippen LogP contribution in [0.1, 0.15) is 25.0 Å². The Morgan fingerprint density at radius 2 is 2.29 bits per heavy atom. The number of hydrogen-bond donors (Lipinski definition) is 0. The van der Waals surface area contributed by atoms with Gasteiger partial charge >= 0.3 is 0 Å². The average Bonchev–Trinajstić information content (AvgIpc) is 2.81. The summed E-state index contributed by atoms with van der Waals surface area (Å²) >= 11 is 0. The largest absolute Gasteiger partial charge is 0.354 e. The molecule has 2 bridgehead atoms. The molecular formula is C12H18N2. The summed E-state index contributed by atoms with van der Waals surface area (Å²) in [5, 5.41) is 0. The van der Waals surface area contributed by atoms with Gasteiger partial charge in [0.05, 0.1) is 0 Å². The molecule has 2 aliphatic heterocycles. The number of aromatic nitrogens is 1. The van der Waals surface area contributed by atoms with Crippen LogP contribution in [0.4, 0.5) is 0 Å². The number of piperidine rings is 1. The van der Waals surface area contributed by atoms with Crippen molar-refractivity contribution in [3.8, 4) is 0 Å². The highest BCUT2D eigenvalue weighted by molar-refractivity contribution is 5.20. The van der Waals surface area contributed by atoms with E-state index in [2.05, 4.69) is 41.8 Å². The molecule has 0 radical (unpaired) electrons. The van der Waals surface area contributed by atoms with Crippen molar-refractivity contribution in [2.75, 3.05) is 13.1 Å². The summed E-state index contributed by atoms with van der Waals surface area (Å²) in [6.07, 6.45) is 3.57. The molecule has 0 N–H and O–H groups in total. The van der Waals surface area contributed by atoms with Gasteiger partial charge in [-0.1, -0.05) is 0 Å². The first-order valence-electron chi connectivity index (χ1n) is 5.62. The van der Waals surface area contributed by atoms with Gasteiger partial charge in [-0.15, -0.1) is 0 Å². The van der Waals surface area contributed by atoms with Crippen LogP contribution in [0.5, 0.6) is 0 Å². The number of rotatable bonds is 1. The Labute approximate surface area is 85.5 Å². The van der Waals surface area contributed by atoms with Gasteiger partial charge in [0.15, 0.2) is 0 Å². The van der Waals surface area contributed by atoms with E-state index in [0.717, 1.165) is 17.9 Å². The lowest BCUT2D eigenvalue weighted by Crippen LogP contribution is -2.32. The van der Waals surface area contributed by atoms with Crippen molar-refractivity contribution in [2.24, 2.45) is 13.0 Å². The molecular weight excluding hydrogens is 172 g/mol. The van der Waals surface area contributed by atoms with Crippen molar-refractivity contribution in [1.29, 1.82) is 0 Å². The van der Waals surface area contributed by atoms with Crippen LogP contribution in [0.25, 0.3) is 0 Å². The molecule has 76 valence electrons. The van der Waals surface area contributed by atoms with Gasteiger partial charge in [0, 0.05) is 37.4 Å². The summed E-state index contributed by atoms with van der Waals surface area (Å²) in [5.41, 5.74) is 1.53. The van der Waals surface area contributed by atoms with E-state index >= 15 is 0 Å². The van der Waals surface area contributed by atoms with Gasteiger partial charge in [0.1, 0.15) is 0 Å². The second-order valence-electron chi connectivity index (χ2n) is 4.85. The van der Waals surface area contributed by atoms with Crippen LogP contribution in [-0.4, -0.2) is 28.6 Å². The second-order valence-corrected chi connectivity index (χ2v) is 4.85. The normalized spacial score (nSPS) is 40.7. The average molecular weight is 190 g/mol. The maximum absolute atomic E-state index is 2.64. The monoisotopic (exact) mass is 190 g/mol. The summed E-state index contributed by atoms with van der Waals surface area (Å²) in [7, 11) is 2.17. The number of nitrogens with zero attached hydrogens (tertiary/aromatic N) is 2. The SMILES string of the molecule is CC1C(c2cccn2C)C2CCN1C2. The third-order valence-electron chi connectivity index (χ3n) is 4.19. The van der Waals surface area contributed by atoms with Crippen molar-refractivity contribution < 1.29 is 0 Å². The predicted molar refractivity (Wildman–Crippen MR) is 57.3 cm³/mol. The van der Waals surface area contributed by atoms with E-state index in [0.29, 0.717) is 0 Å². The van der Waals surface area contributed by atoms with E-state index in [1.807, 2.05) is 0 Å². The first-order valence-corrected chi connectivity index (χ1v) is 5.62. The number of fused-ring (bicyclic) bond motifs is 2. The van der Waals surface area contributed by atoms with Crippen LogP contribution in [-0.2, 0) is 7.05 Å². The summed E-state index contributed by atoms with van der Waals surface area (Å²) < 4.78 is 2.29. The highest BCUT2D eigenvalue weighted by Gasteiger charge is 2.44. The van der Waals surface area contributed by atoms with Gasteiger partial charge in [-0.3, -0.25) is 4.90 Å². The van der Waals surface area contributed by atoms with Crippen LogP contribution in [0.2, 0.25) is 0 Å². The zero-order valence-corrected chi connectivity index (χ0v) is 8.98. The fraction of sp³-hybridized carbons (Fsp3) is 0.667. The van der Waals surface area contributed by atoms with E-state index in [1.165, 1.54) is 25.2 Å². The molecule has 2 fully saturated rings. The minimum absolute atomic E-state index is 0.752. The van der Waals surface area contributed by atoms with Gasteiger partial charge in [0.25, 0.3) is 0 Å². The van der Waals surface area contributed by atoms with Crippen LogP contribution in [0.3, 0.4) is 0 Å². The Balaban J connectivity index is 1.96. The maximum Gasteiger partial charge on any atom is 0.0221 e. The molecule has 4 unspecified atom stereocenters. The molecule has 0 amide bonds. The van der Waals surface area contributed by atoms with Crippen LogP contribution in [0, 0.1) is 5.92 Å². The summed E-state index contributed by atoms with van der Waals surface area (Å²) in [4.78, 5) is 2.64. The first-order chi connectivity index (χ1) is 6.77. The molecule has 0 saturated carbocycles. The lowest BCUT2D eigenvalue weighted by atomic mass is 9.85. The Morgan fingerprint density at radius 3 is 2.86 bits per heavy atom. The summed E-state index contributed by atoms with van der Waals surface area (Å²) in [6, 6.07) is 5.22. The van der Waals surface area contributed by atoms with Gasteiger partial charge in [-0.05, 0) is 37.9 Å². The fourth-order valence-electron chi connectivity index (χ4n) is 3.41. The lowest BCUT2D eigenvalue weighted by molar-refractivity contribution is 0.252. The second kappa shape index (κ2) is 2.86. The molecule has 1 aromatic rings. The lowest BCUT2D eigenvalue weighted by Gasteiger charge is -2.29. The first kappa shape index (κ1) is 8.54. The number of hydrogen-bond acceptors (Lipinski definition) is 1. The quantitative estimate of drug-likeness (QED) is 0.656. The van der Waals surface area contributed by atoms with Gasteiger partial charge in [-0.25, -0.2) is 0 Å². The molecule has 1 aromatic heterocycles. The Bertz CT molecular complexity index is 340. The van der Waals surface area contributed by atoms with Crippen LogP contribution >= 0.6 is 0 Å². The van der Waals surface area contributed by atoms with Gasteiger partial charge < -0.3 is 4.57 Å². The number of aryl methyl sites for hydroxylation is 1. The Kier molecular flexibility index (Phi) is 1.75. The van der Waals surface area contributed by atoms with Crippen LogP contribution < -0.4 is 0 Å². The molecule has 3 rings (SSSR count). The van der Waals surface area contributed by atoms with Crippen molar-refractivity contribution in [1.82, 2.24) is 9.47 Å². The molecule has 2 heteroatoms. The fourth-order valence-corrected chi connectivity index (χ4v) is 3.41. The maximum atomic E-state index is 2.64. The minimum atomic E-state index is 0.752. The van der Waals surface area contributed by atoms with E-state index < -0.39 is 0 Å². The van der Waals surface area contributed by atoms with Crippen molar-refractivity contribution in [3.05, 3.63) is 24.0 Å². The highest BCUT2D eigenvalue weighted by Crippen LogP contribution is 2.44. The van der Waals surface area contributed by atoms with E-state index in [4.69, 9.17) is 0 Å². The molecule has 2 aliphatic rings. The molecule has 3 heterocycles. The van der Waals surface area contributed by atoms with E-state index in [9.17, 15) is 0 Å². The van der Waals surface area contributed by atoms with Crippen molar-refractivity contribution in [2.45, 2.75) is 25.3 Å². The molecule has 2 saturated heterocycles. The summed E-state index contributed by atoms with van der Waals surface area (Å²) in [5.74, 6) is 1.70. The van der Waals surface area contributed by atoms with Crippen molar-refractivity contribution in [3.63, 3.8) is 0 Å². The van der Waals surface area contributed by atoms with Crippen LogP contribution in [0.15, 0.2) is 18.3 Å². The zero-order valence-electron chi connectivity index (χ0n) is 8.98. The molecule has 14 heavy (non-hydrogen) atoms. The Morgan fingerprint density at radius 1 is 1.43 bits per heavy atom. The minimum Gasteiger partial charge on any atom is -0.354 e. The zero-order chi connectivity index (χ0) is 9.71. The topological polar surface area (TPSA) is 8.17 Å². The molecule has 0 aromatic carbocycles. The third-order valence-corrected chi connectivity index (χ3v) is 4.19. The molecule has 2 nitrogen and oxygen atoms in total. The van der Waals surface area contributed by atoms with Gasteiger partial charge in [-0.2, -0.15) is 0 Å². The van der Waals surface area contributed by atoms with Crippen molar-refractivity contribution >= 4 is 0 Å². The standard InChI is InChI=1S/C12H18N2/c1-9-12(10-5-7-14(9)8-10)11-4-3-6-13(11)2/h3-4,6,9-10,12H,5,7-8H2,1-2H3. The molecule has 0 aliphatic carbocycles. The smallest absolute Gasteiger partial charge is 0.0221 e. The van der Waals surface area contributed by atoms with E-state index in [-0.39, 0.29) is 0 Å². The predicted octanol–water partition coefficient (Wildman–Crippen LogP) is 1.83. The molecule has 0 spiro atoms. The highest BCUT2D eigenvalue weighted by atomic mass is 15.2. The Hall–Kier alpha value is -0.760. The molecule has 4 atom stereocenters. The third kappa shape index (κ3) is 1.01. The van der Waals surface area contributed by atoms with E-state index in [1.54, 1.807) is 0 Å². The summed E-state index contributed by atoms with van der Waals surface area (Å²) in [6.45, 7) is 5.04. The van der Waals surface area contributed by atoms with Gasteiger partial charge in [0.2, 0.25) is 0 Å².